The maximum atomic E-state index is 12.1. The van der Waals surface area contributed by atoms with E-state index in [0.29, 0.717) is 22.9 Å². The third-order valence-electron chi connectivity index (χ3n) is 3.21. The van der Waals surface area contributed by atoms with Gasteiger partial charge in [-0.15, -0.1) is 0 Å². The summed E-state index contributed by atoms with van der Waals surface area (Å²) in [6.07, 6.45) is 0. The van der Waals surface area contributed by atoms with Gasteiger partial charge < -0.3 is 19.2 Å². The highest BCUT2D eigenvalue weighted by molar-refractivity contribution is 6.02. The number of carbonyl (C=O) groups excluding carboxylic acids is 1. The van der Waals surface area contributed by atoms with Crippen LogP contribution < -0.4 is 14.2 Å². The van der Waals surface area contributed by atoms with E-state index in [-0.39, 0.29) is 11.7 Å². The summed E-state index contributed by atoms with van der Waals surface area (Å²) in [4.78, 5) is 15.2. The van der Waals surface area contributed by atoms with E-state index in [4.69, 9.17) is 14.2 Å². The third-order valence-corrected chi connectivity index (χ3v) is 3.21. The molecule has 0 bridgehead atoms. The molecule has 2 rings (SSSR count). The van der Waals surface area contributed by atoms with Gasteiger partial charge >= 0.3 is 0 Å². The van der Waals surface area contributed by atoms with Crippen LogP contribution in [0.4, 0.5) is 0 Å². The second-order valence-corrected chi connectivity index (χ2v) is 4.81. The molecule has 0 radical (unpaired) electrons. The molecule has 0 amide bonds. The zero-order chi connectivity index (χ0) is 14.9. The molecule has 108 valence electrons. The fraction of sp³-hybridized carbons (Fsp3) is 0.400. The Kier molecular flexibility index (Phi) is 3.88. The molecule has 0 atom stereocenters. The van der Waals surface area contributed by atoms with Crippen LogP contribution in [-0.4, -0.2) is 32.1 Å². The minimum absolute atomic E-state index is 0.0567. The van der Waals surface area contributed by atoms with Crippen molar-refractivity contribution >= 4 is 16.7 Å². The van der Waals surface area contributed by atoms with Gasteiger partial charge in [0, 0.05) is 11.3 Å². The van der Waals surface area contributed by atoms with Crippen molar-refractivity contribution in [2.45, 2.75) is 13.8 Å². The predicted octanol–water partition coefficient (Wildman–Crippen LogP) is 3.03. The first kappa shape index (κ1) is 14.2. The summed E-state index contributed by atoms with van der Waals surface area (Å²) < 4.78 is 16.0. The van der Waals surface area contributed by atoms with Gasteiger partial charge in [0.25, 0.3) is 0 Å². The van der Waals surface area contributed by atoms with E-state index in [1.807, 2.05) is 26.0 Å². The summed E-state index contributed by atoms with van der Waals surface area (Å²) in [6.45, 7) is 3.73. The van der Waals surface area contributed by atoms with Gasteiger partial charge in [0.05, 0.1) is 32.5 Å². The number of ketones is 1. The molecule has 0 unspecified atom stereocenters. The van der Waals surface area contributed by atoms with E-state index in [0.717, 1.165) is 10.9 Å². The van der Waals surface area contributed by atoms with Gasteiger partial charge in [-0.2, -0.15) is 0 Å². The fourth-order valence-electron chi connectivity index (χ4n) is 2.19. The van der Waals surface area contributed by atoms with Crippen LogP contribution >= 0.6 is 0 Å². The third kappa shape index (κ3) is 2.19. The number of H-pyrrole nitrogens is 1. The average Bonchev–Trinajstić information content (AvgIpc) is 2.87. The molecular weight excluding hydrogens is 258 g/mol. The maximum absolute atomic E-state index is 12.1. The summed E-state index contributed by atoms with van der Waals surface area (Å²) in [5, 5.41) is 0.850. The number of aromatic amines is 1. The summed E-state index contributed by atoms with van der Waals surface area (Å²) in [5.41, 5.74) is 1.29. The Bertz CT molecular complexity index is 643. The Morgan fingerprint density at radius 3 is 2.20 bits per heavy atom. The van der Waals surface area contributed by atoms with Crippen molar-refractivity contribution in [3.05, 3.63) is 17.8 Å². The molecule has 5 heteroatoms. The Labute approximate surface area is 117 Å². The van der Waals surface area contributed by atoms with E-state index in [9.17, 15) is 4.79 Å². The van der Waals surface area contributed by atoms with E-state index >= 15 is 0 Å². The monoisotopic (exact) mass is 277 g/mol. The van der Waals surface area contributed by atoms with Gasteiger partial charge in [-0.25, -0.2) is 0 Å². The SMILES string of the molecule is COc1cc2cc(C(=O)C(C)C)[nH]c2c(OC)c1OC. The first-order valence-electron chi connectivity index (χ1n) is 6.39. The molecule has 1 N–H and O–H groups in total. The van der Waals surface area contributed by atoms with E-state index < -0.39 is 0 Å². The smallest absolute Gasteiger partial charge is 0.205 e. The van der Waals surface area contributed by atoms with Crippen molar-refractivity contribution < 1.29 is 19.0 Å². The van der Waals surface area contributed by atoms with E-state index in [1.54, 1.807) is 21.3 Å². The number of fused-ring (bicyclic) bond motifs is 1. The largest absolute Gasteiger partial charge is 0.493 e. The number of nitrogens with one attached hydrogen (secondary N) is 1. The first-order valence-corrected chi connectivity index (χ1v) is 6.39. The molecule has 0 aliphatic carbocycles. The molecule has 0 aliphatic heterocycles. The number of methoxy groups -OCH3 is 3. The van der Waals surface area contributed by atoms with Crippen molar-refractivity contribution in [3.63, 3.8) is 0 Å². The van der Waals surface area contributed by atoms with E-state index in [1.165, 1.54) is 0 Å². The number of aromatic nitrogens is 1. The van der Waals surface area contributed by atoms with Gasteiger partial charge in [0.15, 0.2) is 17.3 Å². The zero-order valence-corrected chi connectivity index (χ0v) is 12.4. The molecule has 5 nitrogen and oxygen atoms in total. The lowest BCUT2D eigenvalue weighted by atomic mass is 10.1. The fourth-order valence-corrected chi connectivity index (χ4v) is 2.19. The topological polar surface area (TPSA) is 60.6 Å². The molecule has 1 aromatic heterocycles. The van der Waals surface area contributed by atoms with Crippen LogP contribution in [0.5, 0.6) is 17.2 Å². The number of hydrogen-bond acceptors (Lipinski definition) is 4. The molecule has 0 fully saturated rings. The molecule has 0 aliphatic rings. The quantitative estimate of drug-likeness (QED) is 0.853. The van der Waals surface area contributed by atoms with Gasteiger partial charge in [0.2, 0.25) is 5.75 Å². The molecule has 0 spiro atoms. The molecule has 2 aromatic rings. The van der Waals surface area contributed by atoms with Crippen molar-refractivity contribution in [3.8, 4) is 17.2 Å². The minimum atomic E-state index is -0.0714. The Morgan fingerprint density at radius 2 is 1.70 bits per heavy atom. The van der Waals surface area contributed by atoms with Crippen LogP contribution in [0.2, 0.25) is 0 Å². The lowest BCUT2D eigenvalue weighted by Gasteiger charge is -2.12. The van der Waals surface area contributed by atoms with Crippen LogP contribution in [0.15, 0.2) is 12.1 Å². The molecule has 1 heterocycles. The minimum Gasteiger partial charge on any atom is -0.493 e. The van der Waals surface area contributed by atoms with Crippen molar-refractivity contribution in [1.82, 2.24) is 4.98 Å². The normalized spacial score (nSPS) is 10.9. The van der Waals surface area contributed by atoms with Crippen LogP contribution in [0.25, 0.3) is 10.9 Å². The molecule has 0 saturated heterocycles. The van der Waals surface area contributed by atoms with Gasteiger partial charge in [-0.1, -0.05) is 13.8 Å². The van der Waals surface area contributed by atoms with Crippen LogP contribution in [-0.2, 0) is 0 Å². The van der Waals surface area contributed by atoms with Gasteiger partial charge in [-0.05, 0) is 12.1 Å². The van der Waals surface area contributed by atoms with Crippen molar-refractivity contribution in [2.75, 3.05) is 21.3 Å². The van der Waals surface area contributed by atoms with Crippen LogP contribution in [0.3, 0.4) is 0 Å². The highest BCUT2D eigenvalue weighted by Crippen LogP contribution is 2.43. The number of Topliss-reactive ketones (excluding diaryl/α,β-unsaturated/α-hetero) is 1. The number of benzene rings is 1. The Morgan fingerprint density at radius 1 is 1.05 bits per heavy atom. The predicted molar refractivity (Wildman–Crippen MR) is 77.1 cm³/mol. The summed E-state index contributed by atoms with van der Waals surface area (Å²) in [6, 6.07) is 3.63. The number of hydrogen-bond donors (Lipinski definition) is 1. The van der Waals surface area contributed by atoms with E-state index in [2.05, 4.69) is 4.98 Å². The van der Waals surface area contributed by atoms with Gasteiger partial charge in [-0.3, -0.25) is 4.79 Å². The highest BCUT2D eigenvalue weighted by Gasteiger charge is 2.20. The van der Waals surface area contributed by atoms with Crippen LogP contribution in [0, 0.1) is 5.92 Å². The lowest BCUT2D eigenvalue weighted by molar-refractivity contribution is 0.0935. The summed E-state index contributed by atoms with van der Waals surface area (Å²) in [5.74, 6) is 1.59. The highest BCUT2D eigenvalue weighted by atomic mass is 16.5. The molecule has 20 heavy (non-hydrogen) atoms. The molecule has 0 saturated carbocycles. The summed E-state index contributed by atoms with van der Waals surface area (Å²) in [7, 11) is 4.67. The second-order valence-electron chi connectivity index (χ2n) is 4.81. The Balaban J connectivity index is 2.70. The first-order chi connectivity index (χ1) is 9.53. The second kappa shape index (κ2) is 5.45. The standard InChI is InChI=1S/C15H19NO4/c1-8(2)13(17)10-6-9-7-11(18-3)14(19-4)15(20-5)12(9)16-10/h6-8,16H,1-5H3. The van der Waals surface area contributed by atoms with Gasteiger partial charge in [0.1, 0.15) is 0 Å². The molecular formula is C15H19NO4. The van der Waals surface area contributed by atoms with Crippen LogP contribution in [0.1, 0.15) is 24.3 Å². The Hall–Kier alpha value is -2.17. The number of rotatable bonds is 5. The number of ether oxygens (including phenoxy) is 3. The lowest BCUT2D eigenvalue weighted by Crippen LogP contribution is -2.07. The average molecular weight is 277 g/mol. The van der Waals surface area contributed by atoms with Crippen molar-refractivity contribution in [1.29, 1.82) is 0 Å². The zero-order valence-electron chi connectivity index (χ0n) is 12.4. The summed E-state index contributed by atoms with van der Waals surface area (Å²) >= 11 is 0. The number of carbonyl (C=O) groups is 1. The van der Waals surface area contributed by atoms with Crippen molar-refractivity contribution in [2.24, 2.45) is 5.92 Å². The molecule has 1 aromatic carbocycles. The maximum Gasteiger partial charge on any atom is 0.205 e.